The van der Waals surface area contributed by atoms with Crippen LogP contribution in [0.1, 0.15) is 226 Å². The van der Waals surface area contributed by atoms with E-state index in [1.807, 2.05) is 0 Å². The molecule has 1 N–H and O–H groups in total. The van der Waals surface area contributed by atoms with Gasteiger partial charge in [-0.25, -0.2) is 0 Å². The first-order valence-electron chi connectivity index (χ1n) is 20.1. The van der Waals surface area contributed by atoms with Gasteiger partial charge in [-0.3, -0.25) is 9.69 Å². The molecule has 4 heteroatoms. The molecule has 0 saturated carbocycles. The van der Waals surface area contributed by atoms with Crippen LogP contribution in [0.2, 0.25) is 0 Å². The number of carboxylic acid groups (broad SMARTS) is 1. The fraction of sp³-hybridized carbons (Fsp3) is 0.950. The van der Waals surface area contributed by atoms with Crippen LogP contribution in [0.5, 0.6) is 0 Å². The summed E-state index contributed by atoms with van der Waals surface area (Å²) in [6.45, 7) is 6.18. The standard InChI is InChI=1S/C40H79NO3/c1-3-5-7-9-11-13-15-17-19-21-23-25-27-29-31-33-36-41(39(35-38-42)40(43)44)37-34-32-30-28-26-24-22-20-18-16-14-12-10-8-6-4-2/h38-39H,3-37H2,1-2H3,(H,43,44). The maximum absolute atomic E-state index is 11.9. The average Bonchev–Trinajstić information content (AvgIpc) is 3.02. The molecule has 4 nitrogen and oxygen atoms in total. The molecule has 0 aliphatic heterocycles. The fourth-order valence-corrected chi connectivity index (χ4v) is 6.65. The van der Waals surface area contributed by atoms with Crippen molar-refractivity contribution in [3.05, 3.63) is 0 Å². The molecular formula is C40H79NO3. The van der Waals surface area contributed by atoms with E-state index in [0.29, 0.717) is 0 Å². The highest BCUT2D eigenvalue weighted by Gasteiger charge is 2.24. The lowest BCUT2D eigenvalue weighted by Gasteiger charge is -2.27. The van der Waals surface area contributed by atoms with Crippen molar-refractivity contribution in [2.24, 2.45) is 0 Å². The van der Waals surface area contributed by atoms with Crippen LogP contribution in [0.15, 0.2) is 0 Å². The van der Waals surface area contributed by atoms with Crippen LogP contribution in [0.4, 0.5) is 0 Å². The van der Waals surface area contributed by atoms with Gasteiger partial charge in [-0.1, -0.05) is 206 Å². The van der Waals surface area contributed by atoms with Crippen molar-refractivity contribution in [3.63, 3.8) is 0 Å². The third kappa shape index (κ3) is 31.1. The second-order valence-corrected chi connectivity index (χ2v) is 13.9. The predicted octanol–water partition coefficient (Wildman–Crippen LogP) is 12.9. The highest BCUT2D eigenvalue weighted by Crippen LogP contribution is 2.17. The summed E-state index contributed by atoms with van der Waals surface area (Å²) in [5, 5.41) is 9.74. The van der Waals surface area contributed by atoms with Crippen LogP contribution in [0.3, 0.4) is 0 Å². The summed E-state index contributed by atoms with van der Waals surface area (Å²) in [6, 6.07) is -0.653. The Hall–Kier alpha value is -0.900. The Bertz CT molecular complexity index is 545. The molecule has 0 fully saturated rings. The second kappa shape index (κ2) is 36.6. The summed E-state index contributed by atoms with van der Waals surface area (Å²) in [6.07, 6.45) is 43.9. The second-order valence-electron chi connectivity index (χ2n) is 13.9. The van der Waals surface area contributed by atoms with Crippen molar-refractivity contribution >= 4 is 12.3 Å². The predicted molar refractivity (Wildman–Crippen MR) is 193 cm³/mol. The van der Waals surface area contributed by atoms with Gasteiger partial charge in [-0.2, -0.15) is 0 Å². The first-order chi connectivity index (χ1) is 21.7. The van der Waals surface area contributed by atoms with Crippen molar-refractivity contribution in [3.8, 4) is 0 Å². The molecule has 0 aromatic rings. The van der Waals surface area contributed by atoms with E-state index in [1.54, 1.807) is 0 Å². The highest BCUT2D eigenvalue weighted by atomic mass is 16.4. The van der Waals surface area contributed by atoms with E-state index in [-0.39, 0.29) is 6.42 Å². The molecule has 1 atom stereocenters. The Balaban J connectivity index is 3.81. The zero-order valence-electron chi connectivity index (χ0n) is 30.1. The lowest BCUT2D eigenvalue weighted by atomic mass is 10.0. The summed E-state index contributed by atoms with van der Waals surface area (Å²) in [5.74, 6) is -0.843. The Morgan fingerprint density at radius 3 is 0.886 bits per heavy atom. The van der Waals surface area contributed by atoms with E-state index in [9.17, 15) is 14.7 Å². The van der Waals surface area contributed by atoms with Crippen LogP contribution in [0, 0.1) is 0 Å². The van der Waals surface area contributed by atoms with Crippen LogP contribution < -0.4 is 0 Å². The summed E-state index contributed by atoms with van der Waals surface area (Å²) in [5.41, 5.74) is 0. The Kier molecular flexibility index (Phi) is 35.8. The molecule has 0 saturated heterocycles. The number of carbonyl (C=O) groups excluding carboxylic acids is 1. The van der Waals surface area contributed by atoms with E-state index < -0.39 is 12.0 Å². The molecule has 0 heterocycles. The Morgan fingerprint density at radius 1 is 0.455 bits per heavy atom. The minimum atomic E-state index is -0.843. The molecule has 0 radical (unpaired) electrons. The molecule has 0 rings (SSSR count). The van der Waals surface area contributed by atoms with Gasteiger partial charge in [0.1, 0.15) is 12.3 Å². The summed E-state index contributed by atoms with van der Waals surface area (Å²) >= 11 is 0. The van der Waals surface area contributed by atoms with Crippen molar-refractivity contribution < 1.29 is 14.7 Å². The molecule has 44 heavy (non-hydrogen) atoms. The highest BCUT2D eigenvalue weighted by molar-refractivity contribution is 5.76. The molecule has 0 bridgehead atoms. The minimum Gasteiger partial charge on any atom is -0.480 e. The molecule has 0 amide bonds. The maximum atomic E-state index is 11.9. The number of carboxylic acids is 1. The van der Waals surface area contributed by atoms with E-state index in [4.69, 9.17) is 0 Å². The van der Waals surface area contributed by atoms with Gasteiger partial charge in [0.25, 0.3) is 0 Å². The molecule has 262 valence electrons. The summed E-state index contributed by atoms with van der Waals surface area (Å²) in [7, 11) is 0. The molecule has 0 aromatic heterocycles. The van der Waals surface area contributed by atoms with Crippen molar-refractivity contribution in [1.82, 2.24) is 4.90 Å². The third-order valence-corrected chi connectivity index (χ3v) is 9.64. The van der Waals surface area contributed by atoms with E-state index in [0.717, 1.165) is 32.2 Å². The first-order valence-corrected chi connectivity index (χ1v) is 20.1. The van der Waals surface area contributed by atoms with E-state index in [1.165, 1.54) is 193 Å². The number of unbranched alkanes of at least 4 members (excludes halogenated alkanes) is 30. The Morgan fingerprint density at radius 2 is 0.682 bits per heavy atom. The molecule has 0 spiro atoms. The van der Waals surface area contributed by atoms with Gasteiger partial charge in [0, 0.05) is 6.42 Å². The number of nitrogens with zero attached hydrogens (tertiary/aromatic N) is 1. The zero-order chi connectivity index (χ0) is 32.2. The van der Waals surface area contributed by atoms with Gasteiger partial charge in [-0.15, -0.1) is 0 Å². The normalized spacial score (nSPS) is 12.2. The van der Waals surface area contributed by atoms with Gasteiger partial charge in [0.15, 0.2) is 0 Å². The molecule has 0 aliphatic rings. The Labute approximate surface area is 276 Å². The van der Waals surface area contributed by atoms with Crippen molar-refractivity contribution in [2.45, 2.75) is 232 Å². The number of hydrogen-bond acceptors (Lipinski definition) is 3. The number of aliphatic carboxylic acids is 1. The first kappa shape index (κ1) is 43.1. The maximum Gasteiger partial charge on any atom is 0.321 e. The molecule has 0 aromatic carbocycles. The van der Waals surface area contributed by atoms with Crippen LogP contribution in [-0.2, 0) is 9.59 Å². The van der Waals surface area contributed by atoms with Gasteiger partial charge in [-0.05, 0) is 25.9 Å². The topological polar surface area (TPSA) is 57.6 Å². The van der Waals surface area contributed by atoms with Crippen LogP contribution >= 0.6 is 0 Å². The lowest BCUT2D eigenvalue weighted by molar-refractivity contribution is -0.144. The lowest BCUT2D eigenvalue weighted by Crippen LogP contribution is -2.42. The quantitative estimate of drug-likeness (QED) is 0.0550. The number of hydrogen-bond donors (Lipinski definition) is 1. The molecular weight excluding hydrogens is 542 g/mol. The number of rotatable bonds is 38. The average molecular weight is 622 g/mol. The van der Waals surface area contributed by atoms with Crippen LogP contribution in [0.25, 0.3) is 0 Å². The van der Waals surface area contributed by atoms with Gasteiger partial charge in [0.2, 0.25) is 0 Å². The van der Waals surface area contributed by atoms with Crippen LogP contribution in [-0.4, -0.2) is 41.4 Å². The summed E-state index contributed by atoms with van der Waals surface area (Å²) in [4.78, 5) is 25.1. The van der Waals surface area contributed by atoms with Crippen molar-refractivity contribution in [1.29, 1.82) is 0 Å². The number of carbonyl (C=O) groups is 2. The minimum absolute atomic E-state index is 0.104. The monoisotopic (exact) mass is 622 g/mol. The van der Waals surface area contributed by atoms with E-state index >= 15 is 0 Å². The molecule has 1 unspecified atom stereocenters. The number of aldehydes is 1. The largest absolute Gasteiger partial charge is 0.480 e. The zero-order valence-corrected chi connectivity index (χ0v) is 30.1. The van der Waals surface area contributed by atoms with E-state index in [2.05, 4.69) is 18.7 Å². The van der Waals surface area contributed by atoms with Gasteiger partial charge < -0.3 is 9.90 Å². The van der Waals surface area contributed by atoms with Crippen molar-refractivity contribution in [2.75, 3.05) is 13.1 Å². The SMILES string of the molecule is CCCCCCCCCCCCCCCCCCN(CCCCCCCCCCCCCCCCCC)C(CC=O)C(=O)O. The van der Waals surface area contributed by atoms with Gasteiger partial charge >= 0.3 is 5.97 Å². The third-order valence-electron chi connectivity index (χ3n) is 9.64. The smallest absolute Gasteiger partial charge is 0.321 e. The molecule has 0 aliphatic carbocycles. The van der Waals surface area contributed by atoms with Gasteiger partial charge in [0.05, 0.1) is 0 Å². The summed E-state index contributed by atoms with van der Waals surface area (Å²) < 4.78 is 0. The fourth-order valence-electron chi connectivity index (χ4n) is 6.65.